The molecule has 0 radical (unpaired) electrons. The number of rotatable bonds is 3. The number of pyridine rings is 1. The highest BCUT2D eigenvalue weighted by atomic mass is 15.3. The Labute approximate surface area is 129 Å². The summed E-state index contributed by atoms with van der Waals surface area (Å²) >= 11 is 0. The zero-order valence-corrected chi connectivity index (χ0v) is 12.3. The molecule has 0 amide bonds. The molecule has 1 aliphatic carbocycles. The van der Waals surface area contributed by atoms with Crippen molar-refractivity contribution in [2.45, 2.75) is 25.2 Å². The van der Waals surface area contributed by atoms with Crippen molar-refractivity contribution in [1.82, 2.24) is 14.6 Å². The van der Waals surface area contributed by atoms with Gasteiger partial charge in [-0.15, -0.1) is 5.10 Å². The average Bonchev–Trinajstić information content (AvgIpc) is 2.99. The van der Waals surface area contributed by atoms with E-state index in [1.807, 2.05) is 47.1 Å². The van der Waals surface area contributed by atoms with Crippen molar-refractivity contribution in [1.29, 1.82) is 0 Å². The maximum absolute atomic E-state index is 4.69. The van der Waals surface area contributed by atoms with Gasteiger partial charge in [-0.2, -0.15) is 4.98 Å². The smallest absolute Gasteiger partial charge is 0.247 e. The van der Waals surface area contributed by atoms with Crippen LogP contribution in [0.1, 0.15) is 30.7 Å². The van der Waals surface area contributed by atoms with Crippen LogP contribution in [0.4, 0.5) is 11.6 Å². The van der Waals surface area contributed by atoms with Crippen LogP contribution >= 0.6 is 0 Å². The Hall–Kier alpha value is -2.62. The van der Waals surface area contributed by atoms with E-state index in [-0.39, 0.29) is 0 Å². The van der Waals surface area contributed by atoms with Crippen molar-refractivity contribution >= 4 is 17.3 Å². The number of allylic oxidation sites excluding steroid dienone is 2. The first-order valence-electron chi connectivity index (χ1n) is 7.74. The van der Waals surface area contributed by atoms with E-state index in [0.717, 1.165) is 11.3 Å². The molecule has 3 aromatic rings. The summed E-state index contributed by atoms with van der Waals surface area (Å²) in [6, 6.07) is 14.2. The molecule has 1 atom stereocenters. The van der Waals surface area contributed by atoms with Crippen LogP contribution in [0.15, 0.2) is 60.8 Å². The van der Waals surface area contributed by atoms with Gasteiger partial charge < -0.3 is 5.32 Å². The van der Waals surface area contributed by atoms with Crippen molar-refractivity contribution in [2.75, 3.05) is 5.32 Å². The first kappa shape index (κ1) is 13.1. The quantitative estimate of drug-likeness (QED) is 0.731. The highest BCUT2D eigenvalue weighted by Crippen LogP contribution is 2.30. The van der Waals surface area contributed by atoms with Crippen LogP contribution < -0.4 is 5.32 Å². The fourth-order valence-electron chi connectivity index (χ4n) is 2.99. The molecular formula is C18H18N4. The van der Waals surface area contributed by atoms with Gasteiger partial charge in [0.1, 0.15) is 0 Å². The van der Waals surface area contributed by atoms with Gasteiger partial charge in [0.2, 0.25) is 5.95 Å². The summed E-state index contributed by atoms with van der Waals surface area (Å²) in [6.45, 7) is 0. The summed E-state index contributed by atoms with van der Waals surface area (Å²) in [5, 5.41) is 7.80. The number of nitrogens with one attached hydrogen (secondary N) is 1. The molecular weight excluding hydrogens is 272 g/mol. The number of nitrogens with zero attached hydrogens (tertiary/aromatic N) is 3. The van der Waals surface area contributed by atoms with E-state index in [2.05, 4.69) is 28.6 Å². The van der Waals surface area contributed by atoms with Crippen LogP contribution in [-0.4, -0.2) is 14.6 Å². The van der Waals surface area contributed by atoms with Gasteiger partial charge in [0, 0.05) is 23.4 Å². The molecule has 22 heavy (non-hydrogen) atoms. The van der Waals surface area contributed by atoms with Crippen LogP contribution in [0, 0.1) is 0 Å². The van der Waals surface area contributed by atoms with Gasteiger partial charge >= 0.3 is 0 Å². The lowest BCUT2D eigenvalue weighted by Crippen LogP contribution is -2.02. The molecule has 1 unspecified atom stereocenters. The van der Waals surface area contributed by atoms with Crippen LogP contribution in [0.25, 0.3) is 5.65 Å². The van der Waals surface area contributed by atoms with Crippen LogP contribution in [-0.2, 0) is 0 Å². The minimum absolute atomic E-state index is 0.450. The Balaban J connectivity index is 1.71. The predicted molar refractivity (Wildman–Crippen MR) is 88.4 cm³/mol. The van der Waals surface area contributed by atoms with Gasteiger partial charge in [-0.05, 0) is 37.5 Å². The van der Waals surface area contributed by atoms with Crippen molar-refractivity contribution in [3.8, 4) is 0 Å². The van der Waals surface area contributed by atoms with E-state index < -0.39 is 0 Å². The Bertz CT molecular complexity index is 804. The third-order valence-corrected chi connectivity index (χ3v) is 4.08. The summed E-state index contributed by atoms with van der Waals surface area (Å²) in [7, 11) is 0. The fourth-order valence-corrected chi connectivity index (χ4v) is 2.99. The molecule has 1 aromatic carbocycles. The normalized spacial score (nSPS) is 17.7. The van der Waals surface area contributed by atoms with Gasteiger partial charge in [0.05, 0.1) is 0 Å². The second-order valence-corrected chi connectivity index (χ2v) is 5.62. The Morgan fingerprint density at radius 2 is 2.00 bits per heavy atom. The lowest BCUT2D eigenvalue weighted by atomic mass is 9.90. The molecule has 0 fully saturated rings. The highest BCUT2D eigenvalue weighted by Gasteiger charge is 2.16. The number of anilines is 2. The zero-order chi connectivity index (χ0) is 14.8. The molecule has 0 spiro atoms. The Morgan fingerprint density at radius 1 is 1.09 bits per heavy atom. The number of benzene rings is 1. The molecule has 110 valence electrons. The number of fused-ring (bicyclic) bond motifs is 1. The van der Waals surface area contributed by atoms with E-state index >= 15 is 0 Å². The topological polar surface area (TPSA) is 42.2 Å². The van der Waals surface area contributed by atoms with Gasteiger partial charge in [0.15, 0.2) is 5.65 Å². The van der Waals surface area contributed by atoms with Crippen molar-refractivity contribution in [2.24, 2.45) is 0 Å². The van der Waals surface area contributed by atoms with Gasteiger partial charge in [-0.25, -0.2) is 4.52 Å². The second-order valence-electron chi connectivity index (χ2n) is 5.62. The average molecular weight is 290 g/mol. The van der Waals surface area contributed by atoms with Crippen molar-refractivity contribution in [3.63, 3.8) is 0 Å². The summed E-state index contributed by atoms with van der Waals surface area (Å²) in [5.74, 6) is 1.09. The van der Waals surface area contributed by atoms with Crippen molar-refractivity contribution in [3.05, 3.63) is 66.4 Å². The zero-order valence-electron chi connectivity index (χ0n) is 12.3. The highest BCUT2D eigenvalue weighted by molar-refractivity contribution is 5.58. The van der Waals surface area contributed by atoms with Crippen LogP contribution in [0.5, 0.6) is 0 Å². The predicted octanol–water partition coefficient (Wildman–Crippen LogP) is 4.30. The molecule has 4 rings (SSSR count). The third kappa shape index (κ3) is 2.48. The third-order valence-electron chi connectivity index (χ3n) is 4.08. The van der Waals surface area contributed by atoms with E-state index in [1.54, 1.807) is 0 Å². The van der Waals surface area contributed by atoms with Gasteiger partial charge in [-0.3, -0.25) is 0 Å². The standard InChI is InChI=1S/C18H18N4/c1-3-8-14(9-4-1)16-12-7-13-22-17(16)20-18(21-22)19-15-10-5-2-6-11-15/h2-3,5-8,10-14H,1,4,9H2,(H,19,21). The monoisotopic (exact) mass is 290 g/mol. The van der Waals surface area contributed by atoms with E-state index in [4.69, 9.17) is 4.98 Å². The minimum atomic E-state index is 0.450. The largest absolute Gasteiger partial charge is 0.323 e. The lowest BCUT2D eigenvalue weighted by Gasteiger charge is -2.16. The number of aromatic nitrogens is 3. The number of para-hydroxylation sites is 1. The van der Waals surface area contributed by atoms with E-state index in [9.17, 15) is 0 Å². The van der Waals surface area contributed by atoms with Crippen molar-refractivity contribution < 1.29 is 0 Å². The molecule has 1 N–H and O–H groups in total. The summed E-state index contributed by atoms with van der Waals surface area (Å²) in [5.41, 5.74) is 3.20. The number of hydrogen-bond donors (Lipinski definition) is 1. The first-order valence-corrected chi connectivity index (χ1v) is 7.74. The molecule has 0 aliphatic heterocycles. The van der Waals surface area contributed by atoms with E-state index in [1.165, 1.54) is 24.8 Å². The molecule has 1 aliphatic rings. The summed E-state index contributed by atoms with van der Waals surface area (Å²) < 4.78 is 1.86. The van der Waals surface area contributed by atoms with Crippen LogP contribution in [0.3, 0.4) is 0 Å². The molecule has 0 saturated heterocycles. The molecule has 2 aromatic heterocycles. The Morgan fingerprint density at radius 3 is 2.82 bits per heavy atom. The number of hydrogen-bond acceptors (Lipinski definition) is 3. The summed E-state index contributed by atoms with van der Waals surface area (Å²) in [6.07, 6.45) is 10.1. The lowest BCUT2D eigenvalue weighted by molar-refractivity contribution is 0.654. The SMILES string of the molecule is C1=CC(c2cccn3nc(Nc4ccccc4)nc23)CCC1. The van der Waals surface area contributed by atoms with Gasteiger partial charge in [-0.1, -0.05) is 36.4 Å². The molecule has 4 heteroatoms. The minimum Gasteiger partial charge on any atom is -0.323 e. The van der Waals surface area contributed by atoms with Crippen LogP contribution in [0.2, 0.25) is 0 Å². The summed E-state index contributed by atoms with van der Waals surface area (Å²) in [4.78, 5) is 4.69. The maximum Gasteiger partial charge on any atom is 0.247 e. The van der Waals surface area contributed by atoms with E-state index in [0.29, 0.717) is 11.9 Å². The van der Waals surface area contributed by atoms with Gasteiger partial charge in [0.25, 0.3) is 0 Å². The molecule has 0 saturated carbocycles. The molecule has 4 nitrogen and oxygen atoms in total. The fraction of sp³-hybridized carbons (Fsp3) is 0.222. The first-order chi connectivity index (χ1) is 10.9. The maximum atomic E-state index is 4.69. The molecule has 2 heterocycles. The molecule has 0 bridgehead atoms. The second kappa shape index (κ2) is 5.64. The Kier molecular flexibility index (Phi) is 3.35.